The van der Waals surface area contributed by atoms with Crippen molar-refractivity contribution < 1.29 is 14.3 Å². The summed E-state index contributed by atoms with van der Waals surface area (Å²) in [5.41, 5.74) is 4.16. The lowest BCUT2D eigenvalue weighted by Crippen LogP contribution is -2.19. The lowest BCUT2D eigenvalue weighted by atomic mass is 10.2. The van der Waals surface area contributed by atoms with Gasteiger partial charge in [0.15, 0.2) is 11.5 Å². The van der Waals surface area contributed by atoms with Crippen molar-refractivity contribution in [2.24, 2.45) is 5.10 Å². The molecule has 3 rings (SSSR count). The van der Waals surface area contributed by atoms with Gasteiger partial charge >= 0.3 is 0 Å². The summed E-state index contributed by atoms with van der Waals surface area (Å²) in [7, 11) is 1.56. The molecular weight excluding hydrogens is 455 g/mol. The van der Waals surface area contributed by atoms with Gasteiger partial charge in [-0.25, -0.2) is 5.43 Å². The summed E-state index contributed by atoms with van der Waals surface area (Å²) in [6, 6.07) is 20.2. The average Bonchev–Trinajstić information content (AvgIpc) is 2.78. The van der Waals surface area contributed by atoms with E-state index in [0.29, 0.717) is 28.2 Å². The van der Waals surface area contributed by atoms with Crippen LogP contribution in [0.1, 0.15) is 11.1 Å². The zero-order valence-corrected chi connectivity index (χ0v) is 19.0. The molecule has 0 bridgehead atoms. The van der Waals surface area contributed by atoms with E-state index < -0.39 is 0 Å². The highest BCUT2D eigenvalue weighted by molar-refractivity contribution is 8.00. The monoisotopic (exact) mass is 474 g/mol. The smallest absolute Gasteiger partial charge is 0.250 e. The van der Waals surface area contributed by atoms with Crippen LogP contribution in [0.15, 0.2) is 76.7 Å². The van der Waals surface area contributed by atoms with Crippen molar-refractivity contribution in [2.45, 2.75) is 11.5 Å². The Morgan fingerprint density at radius 3 is 2.58 bits per heavy atom. The maximum Gasteiger partial charge on any atom is 0.250 e. The number of nitrogens with zero attached hydrogens (tertiary/aromatic N) is 1. The van der Waals surface area contributed by atoms with Gasteiger partial charge in [0.25, 0.3) is 0 Å². The molecule has 1 amide bonds. The molecule has 160 valence electrons. The Kier molecular flexibility index (Phi) is 8.64. The van der Waals surface area contributed by atoms with Crippen LogP contribution in [0, 0.1) is 0 Å². The number of thioether (sulfide) groups is 1. The first-order chi connectivity index (χ1) is 15.0. The zero-order chi connectivity index (χ0) is 22.1. The number of methoxy groups -OCH3 is 1. The molecule has 0 saturated carbocycles. The summed E-state index contributed by atoms with van der Waals surface area (Å²) >= 11 is 13.4. The molecule has 5 nitrogen and oxygen atoms in total. The molecule has 0 aromatic heterocycles. The highest BCUT2D eigenvalue weighted by Gasteiger charge is 2.07. The van der Waals surface area contributed by atoms with Crippen LogP contribution >= 0.6 is 35.0 Å². The number of carbonyl (C=O) groups is 1. The lowest BCUT2D eigenvalue weighted by Gasteiger charge is -2.12. The van der Waals surface area contributed by atoms with E-state index in [-0.39, 0.29) is 11.7 Å². The van der Waals surface area contributed by atoms with Crippen LogP contribution in [0.3, 0.4) is 0 Å². The molecule has 0 heterocycles. The van der Waals surface area contributed by atoms with Gasteiger partial charge in [0.2, 0.25) is 5.91 Å². The van der Waals surface area contributed by atoms with Gasteiger partial charge in [0.1, 0.15) is 6.61 Å². The Balaban J connectivity index is 1.52. The van der Waals surface area contributed by atoms with E-state index in [1.165, 1.54) is 11.8 Å². The van der Waals surface area contributed by atoms with E-state index in [2.05, 4.69) is 10.5 Å². The summed E-state index contributed by atoms with van der Waals surface area (Å²) < 4.78 is 11.2. The fourth-order valence-electron chi connectivity index (χ4n) is 2.55. The molecule has 0 aliphatic rings. The number of halogens is 2. The van der Waals surface area contributed by atoms with Gasteiger partial charge in [-0.1, -0.05) is 41.4 Å². The third-order valence-corrected chi connectivity index (χ3v) is 5.75. The molecule has 0 radical (unpaired) electrons. The highest BCUT2D eigenvalue weighted by Crippen LogP contribution is 2.29. The van der Waals surface area contributed by atoms with Crippen LogP contribution in [0.4, 0.5) is 0 Å². The maximum atomic E-state index is 12.0. The van der Waals surface area contributed by atoms with E-state index in [1.54, 1.807) is 37.6 Å². The molecule has 1 N–H and O–H groups in total. The standard InChI is InChI=1S/C23H20Cl2N2O3S/c1-29-22-12-16(6-11-21(22)30-14-17-4-2-3-5-20(17)25)13-26-27-23(28)15-31-19-9-7-18(24)8-10-19/h2-13H,14-15H2,1H3,(H,27,28)/b26-13+. The number of amides is 1. The first kappa shape index (κ1) is 23.0. The van der Waals surface area contributed by atoms with Crippen LogP contribution in [0.2, 0.25) is 10.0 Å². The Morgan fingerprint density at radius 1 is 1.06 bits per heavy atom. The first-order valence-electron chi connectivity index (χ1n) is 9.29. The van der Waals surface area contributed by atoms with Gasteiger partial charge in [-0.15, -0.1) is 11.8 Å². The zero-order valence-electron chi connectivity index (χ0n) is 16.7. The summed E-state index contributed by atoms with van der Waals surface area (Å²) in [5.74, 6) is 1.18. The quantitative estimate of drug-likeness (QED) is 0.241. The predicted molar refractivity (Wildman–Crippen MR) is 127 cm³/mol. The molecule has 0 saturated heterocycles. The van der Waals surface area contributed by atoms with E-state index in [4.69, 9.17) is 32.7 Å². The third kappa shape index (κ3) is 7.21. The molecule has 3 aromatic carbocycles. The van der Waals surface area contributed by atoms with Crippen molar-refractivity contribution in [3.05, 3.63) is 87.9 Å². The number of nitrogens with one attached hydrogen (secondary N) is 1. The van der Waals surface area contributed by atoms with Crippen molar-refractivity contribution in [2.75, 3.05) is 12.9 Å². The molecular formula is C23H20Cl2N2O3S. The molecule has 8 heteroatoms. The molecule has 3 aromatic rings. The SMILES string of the molecule is COc1cc(/C=N/NC(=O)CSc2ccc(Cl)cc2)ccc1OCc1ccccc1Cl. The number of hydrazone groups is 1. The Labute approximate surface area is 195 Å². The molecule has 0 spiro atoms. The molecule has 0 aliphatic carbocycles. The third-order valence-electron chi connectivity index (χ3n) is 4.12. The number of hydrogen-bond donors (Lipinski definition) is 1. The Morgan fingerprint density at radius 2 is 1.84 bits per heavy atom. The maximum absolute atomic E-state index is 12.0. The van der Waals surface area contributed by atoms with Crippen LogP contribution in [-0.2, 0) is 11.4 Å². The fraction of sp³-hybridized carbons (Fsp3) is 0.130. The number of rotatable bonds is 9. The number of ether oxygens (including phenoxy) is 2. The van der Waals surface area contributed by atoms with Crippen LogP contribution < -0.4 is 14.9 Å². The number of carbonyl (C=O) groups excluding carboxylic acids is 1. The summed E-state index contributed by atoms with van der Waals surface area (Å²) in [6.07, 6.45) is 1.55. The van der Waals surface area contributed by atoms with Gasteiger partial charge in [0, 0.05) is 20.5 Å². The van der Waals surface area contributed by atoms with Gasteiger partial charge in [-0.05, 0) is 54.1 Å². The minimum absolute atomic E-state index is 0.206. The second-order valence-electron chi connectivity index (χ2n) is 6.33. The molecule has 0 atom stereocenters. The molecule has 0 aliphatic heterocycles. The number of hydrogen-bond acceptors (Lipinski definition) is 5. The van der Waals surface area contributed by atoms with E-state index >= 15 is 0 Å². The van der Waals surface area contributed by atoms with Gasteiger partial charge in [0.05, 0.1) is 19.1 Å². The minimum Gasteiger partial charge on any atom is -0.493 e. The van der Waals surface area contributed by atoms with Crippen LogP contribution in [0.5, 0.6) is 11.5 Å². The largest absolute Gasteiger partial charge is 0.493 e. The highest BCUT2D eigenvalue weighted by atomic mass is 35.5. The first-order valence-corrected chi connectivity index (χ1v) is 11.0. The van der Waals surface area contributed by atoms with Crippen molar-refractivity contribution in [1.82, 2.24) is 5.43 Å². The van der Waals surface area contributed by atoms with E-state index in [9.17, 15) is 4.79 Å². The molecule has 0 fully saturated rings. The van der Waals surface area contributed by atoms with Gasteiger partial charge in [-0.3, -0.25) is 4.79 Å². The molecule has 31 heavy (non-hydrogen) atoms. The van der Waals surface area contributed by atoms with Crippen molar-refractivity contribution in [3.8, 4) is 11.5 Å². The average molecular weight is 475 g/mol. The predicted octanol–water partition coefficient (Wildman–Crippen LogP) is 5.82. The lowest BCUT2D eigenvalue weighted by molar-refractivity contribution is -0.118. The number of benzene rings is 3. The topological polar surface area (TPSA) is 59.9 Å². The Bertz CT molecular complexity index is 1060. The van der Waals surface area contributed by atoms with Crippen LogP contribution in [0.25, 0.3) is 0 Å². The van der Waals surface area contributed by atoms with E-state index in [1.807, 2.05) is 42.5 Å². The van der Waals surface area contributed by atoms with Gasteiger partial charge < -0.3 is 9.47 Å². The van der Waals surface area contributed by atoms with E-state index in [0.717, 1.165) is 16.0 Å². The molecule has 0 unspecified atom stereocenters. The van der Waals surface area contributed by atoms with Crippen molar-refractivity contribution in [1.29, 1.82) is 0 Å². The fourth-order valence-corrected chi connectivity index (χ4v) is 3.55. The van der Waals surface area contributed by atoms with Crippen LogP contribution in [-0.4, -0.2) is 25.0 Å². The second-order valence-corrected chi connectivity index (χ2v) is 8.22. The summed E-state index contributed by atoms with van der Waals surface area (Å²) in [5, 5.41) is 5.31. The summed E-state index contributed by atoms with van der Waals surface area (Å²) in [6.45, 7) is 0.324. The summed E-state index contributed by atoms with van der Waals surface area (Å²) in [4.78, 5) is 12.9. The normalized spacial score (nSPS) is 10.8. The van der Waals surface area contributed by atoms with Crippen molar-refractivity contribution in [3.63, 3.8) is 0 Å². The van der Waals surface area contributed by atoms with Gasteiger partial charge in [-0.2, -0.15) is 5.10 Å². The Hall–Kier alpha value is -2.67. The second kappa shape index (κ2) is 11.6. The van der Waals surface area contributed by atoms with Crippen molar-refractivity contribution >= 4 is 47.1 Å². The minimum atomic E-state index is -0.206.